The van der Waals surface area contributed by atoms with Gasteiger partial charge < -0.3 is 20.4 Å². The van der Waals surface area contributed by atoms with Gasteiger partial charge in [-0.3, -0.25) is 14.7 Å². The third-order valence-corrected chi connectivity index (χ3v) is 5.42. The zero-order valence-corrected chi connectivity index (χ0v) is 17.4. The molecule has 1 amide bonds. The van der Waals surface area contributed by atoms with Gasteiger partial charge in [0.1, 0.15) is 0 Å². The Labute approximate surface area is 172 Å². The van der Waals surface area contributed by atoms with E-state index in [1.807, 2.05) is 16.7 Å². The topological polar surface area (TPSA) is 76.1 Å². The molecule has 0 radical (unpaired) electrons. The molecule has 3 heterocycles. The highest BCUT2D eigenvalue weighted by atomic mass is 19.1. The fourth-order valence-electron chi connectivity index (χ4n) is 3.78. The normalized spacial score (nSPS) is 20.8. The third kappa shape index (κ3) is 6.03. The SMILES string of the molecule is CCNC(=NCCN1CCN(C(C)=O)CC1)NC1CCN(c2ncccc2F)C1. The Kier molecular flexibility index (Phi) is 7.62. The van der Waals surface area contributed by atoms with E-state index in [0.29, 0.717) is 18.9 Å². The number of piperazine rings is 1. The maximum absolute atomic E-state index is 14.0. The van der Waals surface area contributed by atoms with Gasteiger partial charge in [0.2, 0.25) is 5.91 Å². The van der Waals surface area contributed by atoms with Crippen LogP contribution in [0.3, 0.4) is 0 Å². The Balaban J connectivity index is 1.46. The number of aromatic nitrogens is 1. The second-order valence-electron chi connectivity index (χ2n) is 7.49. The van der Waals surface area contributed by atoms with Gasteiger partial charge in [-0.15, -0.1) is 0 Å². The van der Waals surface area contributed by atoms with Gasteiger partial charge in [-0.1, -0.05) is 0 Å². The van der Waals surface area contributed by atoms with Crippen LogP contribution in [0.25, 0.3) is 0 Å². The summed E-state index contributed by atoms with van der Waals surface area (Å²) in [6.45, 7) is 10.9. The number of hydrogen-bond donors (Lipinski definition) is 2. The predicted octanol–water partition coefficient (Wildman–Crippen LogP) is 0.519. The number of pyridine rings is 1. The van der Waals surface area contributed by atoms with E-state index in [1.165, 1.54) is 6.07 Å². The first kappa shape index (κ1) is 21.3. The molecule has 3 rings (SSSR count). The fraction of sp³-hybridized carbons (Fsp3) is 0.650. The number of nitrogens with one attached hydrogen (secondary N) is 2. The average Bonchev–Trinajstić information content (AvgIpc) is 3.17. The summed E-state index contributed by atoms with van der Waals surface area (Å²) in [5.41, 5.74) is 0. The van der Waals surface area contributed by atoms with E-state index in [4.69, 9.17) is 4.99 Å². The van der Waals surface area contributed by atoms with E-state index in [9.17, 15) is 9.18 Å². The number of amides is 1. The molecular weight excluding hydrogens is 373 g/mol. The Morgan fingerprint density at radius 2 is 2.10 bits per heavy atom. The molecule has 1 unspecified atom stereocenters. The second-order valence-corrected chi connectivity index (χ2v) is 7.49. The van der Waals surface area contributed by atoms with Crippen LogP contribution < -0.4 is 15.5 Å². The lowest BCUT2D eigenvalue weighted by Gasteiger charge is -2.33. The lowest BCUT2D eigenvalue weighted by Crippen LogP contribution is -2.49. The standard InChI is InChI=1S/C20H32FN7O/c1-3-22-20(24-8-10-26-11-13-27(14-12-26)16(2)29)25-17-6-9-28(15-17)19-18(21)5-4-7-23-19/h4-5,7,17H,3,6,8-15H2,1-2H3,(H2,22,24,25). The molecule has 8 nitrogen and oxygen atoms in total. The summed E-state index contributed by atoms with van der Waals surface area (Å²) in [5, 5.41) is 6.77. The highest BCUT2D eigenvalue weighted by Gasteiger charge is 2.26. The molecule has 2 aliphatic heterocycles. The fourth-order valence-corrected chi connectivity index (χ4v) is 3.78. The van der Waals surface area contributed by atoms with Crippen LogP contribution in [0.5, 0.6) is 0 Å². The number of guanidine groups is 1. The summed E-state index contributed by atoms with van der Waals surface area (Å²) >= 11 is 0. The minimum Gasteiger partial charge on any atom is -0.357 e. The smallest absolute Gasteiger partial charge is 0.219 e. The Bertz CT molecular complexity index is 706. The van der Waals surface area contributed by atoms with Gasteiger partial charge in [0.15, 0.2) is 17.6 Å². The Morgan fingerprint density at radius 1 is 1.31 bits per heavy atom. The molecule has 160 valence electrons. The highest BCUT2D eigenvalue weighted by molar-refractivity contribution is 5.80. The maximum Gasteiger partial charge on any atom is 0.219 e. The quantitative estimate of drug-likeness (QED) is 0.531. The first-order valence-corrected chi connectivity index (χ1v) is 10.4. The van der Waals surface area contributed by atoms with Gasteiger partial charge in [-0.25, -0.2) is 9.37 Å². The summed E-state index contributed by atoms with van der Waals surface area (Å²) in [6.07, 6.45) is 2.54. The zero-order valence-electron chi connectivity index (χ0n) is 17.4. The second kappa shape index (κ2) is 10.4. The number of halogens is 1. The molecule has 2 saturated heterocycles. The van der Waals surface area contributed by atoms with Gasteiger partial charge >= 0.3 is 0 Å². The summed E-state index contributed by atoms with van der Waals surface area (Å²) in [4.78, 5) is 26.5. The first-order chi connectivity index (χ1) is 14.1. The molecule has 1 aromatic heterocycles. The molecule has 0 spiro atoms. The van der Waals surface area contributed by atoms with Crippen molar-refractivity contribution in [2.75, 3.05) is 63.8 Å². The van der Waals surface area contributed by atoms with Crippen molar-refractivity contribution in [1.29, 1.82) is 0 Å². The Hall–Kier alpha value is -2.42. The monoisotopic (exact) mass is 405 g/mol. The van der Waals surface area contributed by atoms with Crippen LogP contribution in [0.2, 0.25) is 0 Å². The van der Waals surface area contributed by atoms with Gasteiger partial charge in [0.25, 0.3) is 0 Å². The molecule has 0 saturated carbocycles. The van der Waals surface area contributed by atoms with Crippen molar-refractivity contribution < 1.29 is 9.18 Å². The Morgan fingerprint density at radius 3 is 2.79 bits per heavy atom. The van der Waals surface area contributed by atoms with Crippen LogP contribution in [-0.4, -0.2) is 91.6 Å². The van der Waals surface area contributed by atoms with E-state index in [2.05, 4.69) is 20.5 Å². The van der Waals surface area contributed by atoms with Crippen LogP contribution in [0, 0.1) is 5.82 Å². The molecule has 1 aromatic rings. The molecule has 2 N–H and O–H groups in total. The van der Waals surface area contributed by atoms with Crippen molar-refractivity contribution in [3.8, 4) is 0 Å². The van der Waals surface area contributed by atoms with E-state index in [1.54, 1.807) is 19.2 Å². The van der Waals surface area contributed by atoms with Crippen molar-refractivity contribution in [3.63, 3.8) is 0 Å². The summed E-state index contributed by atoms with van der Waals surface area (Å²) in [6, 6.07) is 3.26. The molecule has 0 aromatic carbocycles. The highest BCUT2D eigenvalue weighted by Crippen LogP contribution is 2.20. The zero-order chi connectivity index (χ0) is 20.6. The van der Waals surface area contributed by atoms with Gasteiger partial charge in [0, 0.05) is 71.5 Å². The van der Waals surface area contributed by atoms with E-state index in [-0.39, 0.29) is 17.8 Å². The van der Waals surface area contributed by atoms with Crippen molar-refractivity contribution in [3.05, 3.63) is 24.1 Å². The van der Waals surface area contributed by atoms with Crippen LogP contribution >= 0.6 is 0 Å². The number of aliphatic imine (C=N–C) groups is 1. The van der Waals surface area contributed by atoms with Crippen LogP contribution in [0.1, 0.15) is 20.3 Å². The van der Waals surface area contributed by atoms with Crippen molar-refractivity contribution >= 4 is 17.7 Å². The summed E-state index contributed by atoms with van der Waals surface area (Å²) < 4.78 is 14.0. The minimum absolute atomic E-state index is 0.150. The van der Waals surface area contributed by atoms with Gasteiger partial charge in [0.05, 0.1) is 6.54 Å². The van der Waals surface area contributed by atoms with Crippen LogP contribution in [0.4, 0.5) is 10.2 Å². The number of carbonyl (C=O) groups is 1. The molecular formula is C20H32FN7O. The van der Waals surface area contributed by atoms with Crippen molar-refractivity contribution in [2.24, 2.45) is 4.99 Å². The van der Waals surface area contributed by atoms with Crippen LogP contribution in [0.15, 0.2) is 23.3 Å². The first-order valence-electron chi connectivity index (χ1n) is 10.4. The molecule has 2 aliphatic rings. The number of carbonyl (C=O) groups excluding carboxylic acids is 1. The lowest BCUT2D eigenvalue weighted by molar-refractivity contribution is -0.130. The number of nitrogens with zero attached hydrogens (tertiary/aromatic N) is 5. The largest absolute Gasteiger partial charge is 0.357 e. The van der Waals surface area contributed by atoms with E-state index >= 15 is 0 Å². The molecule has 9 heteroatoms. The third-order valence-electron chi connectivity index (χ3n) is 5.42. The number of anilines is 1. The van der Waals surface area contributed by atoms with Crippen molar-refractivity contribution in [2.45, 2.75) is 26.3 Å². The van der Waals surface area contributed by atoms with Crippen LogP contribution in [-0.2, 0) is 4.79 Å². The van der Waals surface area contributed by atoms with E-state index in [0.717, 1.165) is 58.2 Å². The average molecular weight is 406 g/mol. The summed E-state index contributed by atoms with van der Waals surface area (Å²) in [7, 11) is 0. The number of hydrogen-bond acceptors (Lipinski definition) is 5. The maximum atomic E-state index is 14.0. The summed E-state index contributed by atoms with van der Waals surface area (Å²) in [5.74, 6) is 1.09. The predicted molar refractivity (Wildman–Crippen MR) is 113 cm³/mol. The minimum atomic E-state index is -0.279. The molecule has 2 fully saturated rings. The molecule has 0 aliphatic carbocycles. The number of rotatable bonds is 6. The van der Waals surface area contributed by atoms with Crippen molar-refractivity contribution in [1.82, 2.24) is 25.4 Å². The lowest BCUT2D eigenvalue weighted by atomic mass is 10.3. The van der Waals surface area contributed by atoms with Gasteiger partial charge in [-0.2, -0.15) is 0 Å². The molecule has 0 bridgehead atoms. The molecule has 29 heavy (non-hydrogen) atoms. The van der Waals surface area contributed by atoms with E-state index < -0.39 is 0 Å². The van der Waals surface area contributed by atoms with Gasteiger partial charge in [-0.05, 0) is 25.5 Å². The molecule has 1 atom stereocenters.